The molecule has 0 saturated heterocycles. The molecule has 1 fully saturated rings. The van der Waals surface area contributed by atoms with E-state index in [2.05, 4.69) is 5.32 Å². The van der Waals surface area contributed by atoms with Crippen molar-refractivity contribution in [3.05, 3.63) is 89.4 Å². The van der Waals surface area contributed by atoms with Crippen molar-refractivity contribution in [3.63, 3.8) is 0 Å². The molecule has 0 aliphatic heterocycles. The summed E-state index contributed by atoms with van der Waals surface area (Å²) in [6.45, 7) is 1.19. The molecule has 1 atom stereocenters. The summed E-state index contributed by atoms with van der Waals surface area (Å²) < 4.78 is 33.9. The molecule has 2 amide bonds. The highest BCUT2D eigenvalue weighted by Crippen LogP contribution is 2.26. The Bertz CT molecular complexity index is 1410. The van der Waals surface area contributed by atoms with Crippen LogP contribution < -0.4 is 14.4 Å². The van der Waals surface area contributed by atoms with Crippen molar-refractivity contribution < 1.29 is 22.7 Å². The lowest BCUT2D eigenvalue weighted by atomic mass is 10.1. The molecular formula is C30H34ClN3O5S. The predicted molar refractivity (Wildman–Crippen MR) is 156 cm³/mol. The summed E-state index contributed by atoms with van der Waals surface area (Å²) in [5, 5.41) is 3.51. The number of benzene rings is 3. The first-order chi connectivity index (χ1) is 19.2. The van der Waals surface area contributed by atoms with Gasteiger partial charge < -0.3 is 15.0 Å². The fourth-order valence-electron chi connectivity index (χ4n) is 4.78. The second-order valence-corrected chi connectivity index (χ2v) is 12.1. The number of ether oxygens (including phenoxy) is 1. The fourth-order valence-corrected chi connectivity index (χ4v) is 6.39. The maximum Gasteiger partial charge on any atom is 0.264 e. The first kappa shape index (κ1) is 29.4. The van der Waals surface area contributed by atoms with Crippen LogP contribution in [0.3, 0.4) is 0 Å². The monoisotopic (exact) mass is 583 g/mol. The highest BCUT2D eigenvalue weighted by Gasteiger charge is 2.33. The van der Waals surface area contributed by atoms with Crippen LogP contribution in [-0.4, -0.2) is 50.9 Å². The summed E-state index contributed by atoms with van der Waals surface area (Å²) >= 11 is 6.42. The van der Waals surface area contributed by atoms with Crippen LogP contribution in [0.15, 0.2) is 83.8 Å². The Morgan fingerprint density at radius 1 is 0.975 bits per heavy atom. The maximum atomic E-state index is 14.0. The molecular weight excluding hydrogens is 550 g/mol. The van der Waals surface area contributed by atoms with Gasteiger partial charge in [-0.25, -0.2) is 8.42 Å². The molecule has 1 N–H and O–H groups in total. The quantitative estimate of drug-likeness (QED) is 0.342. The zero-order chi connectivity index (χ0) is 28.7. The van der Waals surface area contributed by atoms with Crippen LogP contribution in [0.25, 0.3) is 0 Å². The summed E-state index contributed by atoms with van der Waals surface area (Å²) in [5.41, 5.74) is 0.981. The lowest BCUT2D eigenvalue weighted by Crippen LogP contribution is -2.52. The van der Waals surface area contributed by atoms with E-state index < -0.39 is 28.5 Å². The topological polar surface area (TPSA) is 96.0 Å². The number of carbonyl (C=O) groups excluding carboxylic acids is 2. The number of para-hydroxylation sites is 1. The van der Waals surface area contributed by atoms with E-state index in [4.69, 9.17) is 16.3 Å². The molecule has 0 unspecified atom stereocenters. The molecule has 0 spiro atoms. The average Bonchev–Trinajstić information content (AvgIpc) is 3.48. The van der Waals surface area contributed by atoms with Crippen molar-refractivity contribution in [2.24, 2.45) is 0 Å². The molecule has 0 radical (unpaired) electrons. The minimum Gasteiger partial charge on any atom is -0.497 e. The van der Waals surface area contributed by atoms with Crippen molar-refractivity contribution >= 4 is 39.1 Å². The van der Waals surface area contributed by atoms with Gasteiger partial charge >= 0.3 is 0 Å². The van der Waals surface area contributed by atoms with Crippen molar-refractivity contribution in [2.45, 2.75) is 56.1 Å². The van der Waals surface area contributed by atoms with E-state index in [0.29, 0.717) is 22.0 Å². The Hall–Kier alpha value is -3.56. The van der Waals surface area contributed by atoms with E-state index in [-0.39, 0.29) is 23.4 Å². The van der Waals surface area contributed by atoms with E-state index >= 15 is 0 Å². The average molecular weight is 584 g/mol. The van der Waals surface area contributed by atoms with Crippen molar-refractivity contribution in [1.82, 2.24) is 10.2 Å². The highest BCUT2D eigenvalue weighted by molar-refractivity contribution is 7.92. The third-order valence-corrected chi connectivity index (χ3v) is 9.29. The van der Waals surface area contributed by atoms with Gasteiger partial charge in [-0.2, -0.15) is 0 Å². The SMILES string of the molecule is COc1ccc(S(=O)(=O)N(CC(=O)N(Cc2ccccc2Cl)[C@H](C)C(=O)NC2CCCC2)c2ccccc2)cc1. The first-order valence-corrected chi connectivity index (χ1v) is 15.1. The third kappa shape index (κ3) is 6.95. The Kier molecular flexibility index (Phi) is 9.71. The van der Waals surface area contributed by atoms with E-state index in [1.54, 1.807) is 73.7 Å². The molecule has 10 heteroatoms. The largest absolute Gasteiger partial charge is 0.497 e. The minimum atomic E-state index is -4.15. The molecule has 40 heavy (non-hydrogen) atoms. The summed E-state index contributed by atoms with van der Waals surface area (Å²) in [4.78, 5) is 28.7. The molecule has 4 rings (SSSR count). The zero-order valence-corrected chi connectivity index (χ0v) is 24.2. The number of methoxy groups -OCH3 is 1. The number of nitrogens with one attached hydrogen (secondary N) is 1. The molecule has 0 heterocycles. The Labute approximate surface area is 240 Å². The molecule has 0 bridgehead atoms. The molecule has 212 valence electrons. The standard InChI is InChI=1S/C30H34ClN3O5S/c1-22(30(36)32-24-11-7-8-12-24)33(20-23-10-6-9-15-28(23)31)29(35)21-34(25-13-4-3-5-14-25)40(37,38)27-18-16-26(39-2)17-19-27/h3-6,9-10,13-19,22,24H,7-8,11-12,20-21H2,1-2H3,(H,32,36)/t22-/m1/s1. The number of sulfonamides is 1. The molecule has 0 aromatic heterocycles. The lowest BCUT2D eigenvalue weighted by molar-refractivity contribution is -0.139. The fraction of sp³-hybridized carbons (Fsp3) is 0.333. The number of halogens is 1. The number of nitrogens with zero attached hydrogens (tertiary/aromatic N) is 2. The van der Waals surface area contributed by atoms with E-state index in [0.717, 1.165) is 30.0 Å². The van der Waals surface area contributed by atoms with Gasteiger partial charge in [0.2, 0.25) is 11.8 Å². The van der Waals surface area contributed by atoms with Crippen molar-refractivity contribution in [1.29, 1.82) is 0 Å². The third-order valence-electron chi connectivity index (χ3n) is 7.14. The van der Waals surface area contributed by atoms with Gasteiger partial charge in [0, 0.05) is 17.6 Å². The number of carbonyl (C=O) groups is 2. The molecule has 3 aromatic rings. The molecule has 8 nitrogen and oxygen atoms in total. The smallest absolute Gasteiger partial charge is 0.264 e. The van der Waals surface area contributed by atoms with Crippen LogP contribution >= 0.6 is 11.6 Å². The van der Waals surface area contributed by atoms with Gasteiger partial charge in [0.1, 0.15) is 18.3 Å². The summed E-state index contributed by atoms with van der Waals surface area (Å²) in [6.07, 6.45) is 3.91. The van der Waals surface area contributed by atoms with E-state index in [9.17, 15) is 18.0 Å². The van der Waals surface area contributed by atoms with Crippen LogP contribution in [0.1, 0.15) is 38.2 Å². The summed E-state index contributed by atoms with van der Waals surface area (Å²) in [5.74, 6) is -0.305. The Balaban J connectivity index is 1.67. The molecule has 3 aromatic carbocycles. The second kappa shape index (κ2) is 13.2. The second-order valence-electron chi connectivity index (χ2n) is 9.80. The van der Waals surface area contributed by atoms with Gasteiger partial charge in [-0.15, -0.1) is 0 Å². The van der Waals surface area contributed by atoms with Gasteiger partial charge in [-0.3, -0.25) is 13.9 Å². The summed E-state index contributed by atoms with van der Waals surface area (Å²) in [6, 6.07) is 20.7. The van der Waals surface area contributed by atoms with Gasteiger partial charge in [0.15, 0.2) is 0 Å². The number of rotatable bonds is 11. The zero-order valence-electron chi connectivity index (χ0n) is 22.6. The van der Waals surface area contributed by atoms with Crippen LogP contribution in [0, 0.1) is 0 Å². The number of anilines is 1. The maximum absolute atomic E-state index is 14.0. The Morgan fingerprint density at radius 3 is 2.23 bits per heavy atom. The van der Waals surface area contributed by atoms with Gasteiger partial charge in [-0.05, 0) is 67.8 Å². The van der Waals surface area contributed by atoms with E-state index in [1.165, 1.54) is 24.1 Å². The van der Waals surface area contributed by atoms with Crippen LogP contribution in [-0.2, 0) is 26.2 Å². The van der Waals surface area contributed by atoms with E-state index in [1.807, 2.05) is 0 Å². The Morgan fingerprint density at radius 2 is 1.60 bits per heavy atom. The molecule has 1 saturated carbocycles. The van der Waals surface area contributed by atoms with Crippen molar-refractivity contribution in [2.75, 3.05) is 18.0 Å². The minimum absolute atomic E-state index is 0.00892. The molecule has 1 aliphatic carbocycles. The van der Waals surface area contributed by atoms with Gasteiger partial charge in [0.05, 0.1) is 17.7 Å². The molecule has 1 aliphatic rings. The predicted octanol–water partition coefficient (Wildman–Crippen LogP) is 5.02. The highest BCUT2D eigenvalue weighted by atomic mass is 35.5. The van der Waals surface area contributed by atoms with Crippen LogP contribution in [0.4, 0.5) is 5.69 Å². The van der Waals surface area contributed by atoms with Gasteiger partial charge in [0.25, 0.3) is 10.0 Å². The number of amides is 2. The van der Waals surface area contributed by atoms with Crippen LogP contribution in [0.2, 0.25) is 5.02 Å². The number of hydrogen-bond acceptors (Lipinski definition) is 5. The lowest BCUT2D eigenvalue weighted by Gasteiger charge is -2.32. The van der Waals surface area contributed by atoms with Gasteiger partial charge in [-0.1, -0.05) is 60.8 Å². The van der Waals surface area contributed by atoms with Crippen LogP contribution in [0.5, 0.6) is 5.75 Å². The summed E-state index contributed by atoms with van der Waals surface area (Å²) in [7, 11) is -2.65. The normalized spacial score (nSPS) is 14.4. The first-order valence-electron chi connectivity index (χ1n) is 13.3. The number of hydrogen-bond donors (Lipinski definition) is 1. The van der Waals surface area contributed by atoms with Crippen molar-refractivity contribution in [3.8, 4) is 5.75 Å².